The lowest BCUT2D eigenvalue weighted by Crippen LogP contribution is -2.48. The number of rotatable bonds is 7. The van der Waals surface area contributed by atoms with Gasteiger partial charge < -0.3 is 9.15 Å². The molecule has 0 N–H and O–H groups in total. The van der Waals surface area contributed by atoms with E-state index in [4.69, 9.17) is 9.15 Å². The average Bonchev–Trinajstić information content (AvgIpc) is 2.87. The Bertz CT molecular complexity index is 1490. The molecule has 4 rings (SSSR count). The van der Waals surface area contributed by atoms with Gasteiger partial charge in [0, 0.05) is 32.2 Å². The van der Waals surface area contributed by atoms with Crippen LogP contribution in [0.2, 0.25) is 0 Å². The van der Waals surface area contributed by atoms with Gasteiger partial charge in [-0.25, -0.2) is 17.2 Å². The minimum Gasteiger partial charge on any atom is -0.482 e. The van der Waals surface area contributed by atoms with Crippen LogP contribution >= 0.6 is 31.9 Å². The van der Waals surface area contributed by atoms with E-state index < -0.39 is 31.0 Å². The first-order valence-electron chi connectivity index (χ1n) is 12.2. The van der Waals surface area contributed by atoms with Crippen LogP contribution in [0.25, 0.3) is 0 Å². The van der Waals surface area contributed by atoms with Crippen molar-refractivity contribution in [2.75, 3.05) is 26.2 Å². The highest BCUT2D eigenvalue weighted by Gasteiger charge is 2.34. The summed E-state index contributed by atoms with van der Waals surface area (Å²) in [6.45, 7) is 7.65. The SMILES string of the molecule is CC(C)(C)c1ccc(COc2coc(CN3CCN(S(=O)(=O)c4c(F)c(Br)cc(F)c4Br)CC3)cc2=O)cc1. The number of hydrogen-bond donors (Lipinski definition) is 0. The highest BCUT2D eigenvalue weighted by Crippen LogP contribution is 2.35. The molecule has 0 unspecified atom stereocenters. The van der Waals surface area contributed by atoms with Crippen LogP contribution < -0.4 is 10.2 Å². The summed E-state index contributed by atoms with van der Waals surface area (Å²) >= 11 is 5.73. The van der Waals surface area contributed by atoms with Crippen molar-refractivity contribution in [3.05, 3.63) is 90.4 Å². The summed E-state index contributed by atoms with van der Waals surface area (Å²) in [7, 11) is -4.29. The smallest absolute Gasteiger partial charge is 0.247 e. The van der Waals surface area contributed by atoms with E-state index in [0.717, 1.165) is 15.9 Å². The van der Waals surface area contributed by atoms with E-state index in [0.29, 0.717) is 18.8 Å². The zero-order valence-corrected chi connectivity index (χ0v) is 25.6. The monoisotopic (exact) mass is 688 g/mol. The lowest BCUT2D eigenvalue weighted by atomic mass is 9.87. The molecule has 1 aliphatic rings. The van der Waals surface area contributed by atoms with Crippen molar-refractivity contribution in [3.63, 3.8) is 0 Å². The third-order valence-electron chi connectivity index (χ3n) is 6.45. The molecule has 0 radical (unpaired) electrons. The maximum absolute atomic E-state index is 14.6. The number of sulfonamides is 1. The van der Waals surface area contributed by atoms with Crippen molar-refractivity contribution < 1.29 is 26.4 Å². The standard InChI is InChI=1S/C27H28Br2F2N2O5S/c1-27(2,3)18-6-4-17(5-7-18)15-38-23-16-37-19(12-22(23)34)14-32-8-10-33(11-9-32)39(35,36)26-24(29)21(30)13-20(28)25(26)31/h4-7,12-13,16H,8-11,14-15H2,1-3H3. The Kier molecular flexibility index (Phi) is 9.02. The van der Waals surface area contributed by atoms with Crippen LogP contribution in [-0.2, 0) is 28.6 Å². The summed E-state index contributed by atoms with van der Waals surface area (Å²) in [4.78, 5) is 13.8. The maximum Gasteiger partial charge on any atom is 0.247 e. The van der Waals surface area contributed by atoms with E-state index in [1.54, 1.807) is 0 Å². The molecule has 1 aliphatic heterocycles. The van der Waals surface area contributed by atoms with Crippen molar-refractivity contribution in [2.24, 2.45) is 0 Å². The second-order valence-corrected chi connectivity index (χ2v) is 13.8. The highest BCUT2D eigenvalue weighted by atomic mass is 79.9. The minimum absolute atomic E-state index is 0.0466. The minimum atomic E-state index is -4.29. The van der Waals surface area contributed by atoms with Gasteiger partial charge in [0.05, 0.1) is 15.5 Å². The first kappa shape index (κ1) is 29.9. The van der Waals surface area contributed by atoms with Crippen LogP contribution in [0.3, 0.4) is 0 Å². The third-order valence-corrected chi connectivity index (χ3v) is 10.0. The summed E-state index contributed by atoms with van der Waals surface area (Å²) < 4.78 is 66.5. The van der Waals surface area contributed by atoms with Gasteiger partial charge in [-0.05, 0) is 54.5 Å². The molecular formula is C27H28Br2F2N2O5S. The third kappa shape index (κ3) is 6.79. The van der Waals surface area contributed by atoms with Crippen LogP contribution in [0.1, 0.15) is 37.7 Å². The van der Waals surface area contributed by atoms with Crippen molar-refractivity contribution in [2.45, 2.75) is 44.2 Å². The molecule has 2 aromatic carbocycles. The number of piperazine rings is 1. The molecule has 1 fully saturated rings. The summed E-state index contributed by atoms with van der Waals surface area (Å²) in [6, 6.07) is 10.2. The Hall–Kier alpha value is -2.12. The van der Waals surface area contributed by atoms with Gasteiger partial charge >= 0.3 is 0 Å². The fourth-order valence-electron chi connectivity index (χ4n) is 4.14. The molecule has 1 aromatic heterocycles. The molecule has 0 bridgehead atoms. The zero-order valence-electron chi connectivity index (χ0n) is 21.6. The van der Waals surface area contributed by atoms with Gasteiger partial charge in [0.1, 0.15) is 29.3 Å². The second-order valence-electron chi connectivity index (χ2n) is 10.3. The van der Waals surface area contributed by atoms with E-state index in [1.807, 2.05) is 29.2 Å². The van der Waals surface area contributed by atoms with Crippen molar-refractivity contribution in [1.29, 1.82) is 0 Å². The summed E-state index contributed by atoms with van der Waals surface area (Å²) in [6.07, 6.45) is 1.28. The first-order chi connectivity index (χ1) is 18.3. The normalized spacial score (nSPS) is 15.5. The van der Waals surface area contributed by atoms with Gasteiger partial charge in [-0.3, -0.25) is 9.69 Å². The van der Waals surface area contributed by atoms with Crippen molar-refractivity contribution in [3.8, 4) is 5.75 Å². The molecule has 3 aromatic rings. The van der Waals surface area contributed by atoms with E-state index in [-0.39, 0.29) is 47.3 Å². The van der Waals surface area contributed by atoms with Gasteiger partial charge in [-0.1, -0.05) is 45.0 Å². The predicted octanol–water partition coefficient (Wildman–Crippen LogP) is 5.83. The summed E-state index contributed by atoms with van der Waals surface area (Å²) in [5.41, 5.74) is 1.86. The van der Waals surface area contributed by atoms with Gasteiger partial charge in [0.2, 0.25) is 21.2 Å². The number of halogens is 4. The fraction of sp³-hybridized carbons (Fsp3) is 0.370. The molecule has 39 heavy (non-hydrogen) atoms. The molecule has 12 heteroatoms. The Morgan fingerprint density at radius 2 is 1.67 bits per heavy atom. The maximum atomic E-state index is 14.6. The average molecular weight is 690 g/mol. The lowest BCUT2D eigenvalue weighted by Gasteiger charge is -2.33. The van der Waals surface area contributed by atoms with Gasteiger partial charge in [0.15, 0.2) is 5.82 Å². The zero-order chi connectivity index (χ0) is 28.5. The molecule has 210 valence electrons. The van der Waals surface area contributed by atoms with E-state index in [2.05, 4.69) is 52.6 Å². The quantitative estimate of drug-likeness (QED) is 0.291. The molecule has 0 aliphatic carbocycles. The molecule has 7 nitrogen and oxygen atoms in total. The van der Waals surface area contributed by atoms with Crippen molar-refractivity contribution >= 4 is 41.9 Å². The van der Waals surface area contributed by atoms with Crippen LogP contribution in [0.4, 0.5) is 8.78 Å². The molecule has 0 saturated carbocycles. The lowest BCUT2D eigenvalue weighted by molar-refractivity contribution is 0.168. The number of nitrogens with zero attached hydrogens (tertiary/aromatic N) is 2. The largest absolute Gasteiger partial charge is 0.482 e. The predicted molar refractivity (Wildman–Crippen MR) is 150 cm³/mol. The van der Waals surface area contributed by atoms with Crippen molar-refractivity contribution in [1.82, 2.24) is 9.21 Å². The van der Waals surface area contributed by atoms with Crippen LogP contribution in [-0.4, -0.2) is 43.8 Å². The molecule has 0 atom stereocenters. The van der Waals surface area contributed by atoms with Crippen LogP contribution in [0.5, 0.6) is 5.75 Å². The summed E-state index contributed by atoms with van der Waals surface area (Å²) in [5, 5.41) is 0. The molecule has 2 heterocycles. The number of benzene rings is 2. The Labute approximate surface area is 243 Å². The summed E-state index contributed by atoms with van der Waals surface area (Å²) in [5.74, 6) is -1.44. The number of hydrogen-bond acceptors (Lipinski definition) is 6. The van der Waals surface area contributed by atoms with E-state index >= 15 is 0 Å². The molecule has 0 spiro atoms. The number of ether oxygens (including phenoxy) is 1. The van der Waals surface area contributed by atoms with Gasteiger partial charge in [0.25, 0.3) is 0 Å². The topological polar surface area (TPSA) is 80.1 Å². The Morgan fingerprint density at radius 3 is 2.26 bits per heavy atom. The molecule has 1 saturated heterocycles. The van der Waals surface area contributed by atoms with Crippen LogP contribution in [0.15, 0.2) is 65.7 Å². The highest BCUT2D eigenvalue weighted by molar-refractivity contribution is 9.11. The van der Waals surface area contributed by atoms with Crippen LogP contribution in [0, 0.1) is 11.6 Å². The Morgan fingerprint density at radius 1 is 1.03 bits per heavy atom. The first-order valence-corrected chi connectivity index (χ1v) is 15.2. The molecule has 0 amide bonds. The van der Waals surface area contributed by atoms with Gasteiger partial charge in [-0.15, -0.1) is 0 Å². The molecular weight excluding hydrogens is 662 g/mol. The van der Waals surface area contributed by atoms with Gasteiger partial charge in [-0.2, -0.15) is 4.31 Å². The fourth-order valence-corrected chi connectivity index (χ4v) is 7.14. The van der Waals surface area contributed by atoms with E-state index in [1.165, 1.54) is 17.9 Å². The second kappa shape index (κ2) is 11.8. The Balaban J connectivity index is 1.35. The van der Waals surface area contributed by atoms with E-state index in [9.17, 15) is 22.0 Å².